The average Bonchev–Trinajstić information content (AvgIpc) is 0.918. The Morgan fingerprint density at radius 1 is 1.75 bits per heavy atom. The largest absolute Gasteiger partial charge is 2.00 e. The van der Waals surface area contributed by atoms with Gasteiger partial charge in [-0.05, 0) is 0 Å². The van der Waals surface area contributed by atoms with E-state index < -0.39 is 6.47 Å². The van der Waals surface area contributed by atoms with Crippen molar-refractivity contribution in [3.63, 3.8) is 0 Å². The van der Waals surface area contributed by atoms with Gasteiger partial charge in [-0.2, -0.15) is 0 Å². The third-order valence-corrected chi connectivity index (χ3v) is 0. The molecule has 0 aliphatic heterocycles. The molecule has 0 fully saturated rings. The molecule has 0 aromatic rings. The Labute approximate surface area is 34.3 Å². The van der Waals surface area contributed by atoms with E-state index in [-0.39, 0.29) is 17.1 Å². The number of hydrogen-bond acceptors (Lipinski definition) is 2. The zero-order valence-corrected chi connectivity index (χ0v) is 2.95. The first kappa shape index (κ1) is 9.01. The Morgan fingerprint density at radius 2 is 1.75 bits per heavy atom. The van der Waals surface area contributed by atoms with E-state index in [0.717, 1.165) is 0 Å². The normalized spacial score (nSPS) is 3.00. The summed E-state index contributed by atoms with van der Waals surface area (Å²) in [6, 6.07) is 0. The molecular weight excluding hydrogens is 98.9 g/mol. The fourth-order valence-corrected chi connectivity index (χ4v) is 0. The van der Waals surface area contributed by atoms with E-state index in [1.165, 1.54) is 0 Å². The van der Waals surface area contributed by atoms with Crippen molar-refractivity contribution in [1.29, 1.82) is 0 Å². The van der Waals surface area contributed by atoms with Crippen LogP contribution in [0, 0.1) is 0 Å². The molecule has 0 heterocycles. The van der Waals surface area contributed by atoms with Gasteiger partial charge in [0, 0.05) is 6.47 Å². The minimum atomic E-state index is -0.500. The predicted molar refractivity (Wildman–Crippen MR) is 6.06 cm³/mol. The van der Waals surface area contributed by atoms with Crippen LogP contribution in [0.4, 0.5) is 0 Å². The molecule has 1 radical (unpaired) electrons. The molecule has 23 valence electrons. The van der Waals surface area contributed by atoms with E-state index in [4.69, 9.17) is 9.90 Å². The van der Waals surface area contributed by atoms with Crippen LogP contribution in [0.3, 0.4) is 0 Å². The molecule has 0 atom stereocenters. The number of carbonyl (C=O) groups excluding carboxylic acids is 1. The van der Waals surface area contributed by atoms with Crippen LogP contribution >= 0.6 is 0 Å². The molecule has 0 bridgehead atoms. The van der Waals surface area contributed by atoms with E-state index >= 15 is 0 Å². The SMILES string of the molecule is O=C[O-].[Mn+2]. The van der Waals surface area contributed by atoms with Gasteiger partial charge in [0.25, 0.3) is 0 Å². The second kappa shape index (κ2) is 12.1. The Kier molecular flexibility index (Phi) is 27.2. The maximum atomic E-state index is 8.25. The molecule has 2 nitrogen and oxygen atoms in total. The van der Waals surface area contributed by atoms with Crippen molar-refractivity contribution >= 4 is 6.47 Å². The molecule has 4 heavy (non-hydrogen) atoms. The molecular formula is CHMnO2+. The topological polar surface area (TPSA) is 40.1 Å². The van der Waals surface area contributed by atoms with E-state index in [1.54, 1.807) is 0 Å². The van der Waals surface area contributed by atoms with E-state index in [1.807, 2.05) is 0 Å². The Hall–Kier alpha value is -0.0105. The second-order valence-electron chi connectivity index (χ2n) is 0.0962. The Balaban J connectivity index is 0. The number of hydrogen-bond donors (Lipinski definition) is 0. The summed E-state index contributed by atoms with van der Waals surface area (Å²) in [5.74, 6) is 0. The van der Waals surface area contributed by atoms with Crippen LogP contribution in [0.25, 0.3) is 0 Å². The first-order valence-corrected chi connectivity index (χ1v) is 0.471. The molecule has 3 heteroatoms. The predicted octanol–water partition coefficient (Wildman–Crippen LogP) is -1.64. The molecule has 0 aromatic heterocycles. The van der Waals surface area contributed by atoms with E-state index in [9.17, 15) is 0 Å². The summed E-state index contributed by atoms with van der Waals surface area (Å²) < 4.78 is 0. The quantitative estimate of drug-likeness (QED) is 0.270. The number of rotatable bonds is 0. The third kappa shape index (κ3) is 17600. The van der Waals surface area contributed by atoms with Gasteiger partial charge < -0.3 is 9.90 Å². The van der Waals surface area contributed by atoms with Crippen molar-refractivity contribution in [3.05, 3.63) is 0 Å². The van der Waals surface area contributed by atoms with Crippen LogP contribution in [0.15, 0.2) is 0 Å². The molecule has 0 aromatic carbocycles. The monoisotopic (exact) mass is 99.9 g/mol. The second-order valence-corrected chi connectivity index (χ2v) is 0.0962. The molecule has 0 saturated heterocycles. The van der Waals surface area contributed by atoms with Crippen molar-refractivity contribution in [2.45, 2.75) is 0 Å². The molecule has 0 aliphatic rings. The van der Waals surface area contributed by atoms with E-state index in [0.29, 0.717) is 0 Å². The van der Waals surface area contributed by atoms with Crippen LogP contribution < -0.4 is 5.11 Å². The van der Waals surface area contributed by atoms with Crippen LogP contribution in [-0.2, 0) is 21.9 Å². The smallest absolute Gasteiger partial charge is 0.554 e. The van der Waals surface area contributed by atoms with Crippen LogP contribution in [0.5, 0.6) is 0 Å². The van der Waals surface area contributed by atoms with Gasteiger partial charge in [0.15, 0.2) is 0 Å². The fraction of sp³-hybridized carbons (Fsp3) is 0. The Bertz CT molecular complexity index is 13.5. The standard InChI is InChI=1S/CH2O2.Mn/c2-1-3;/h1H,(H,2,3);/q;+2/p-1. The van der Waals surface area contributed by atoms with E-state index in [2.05, 4.69) is 0 Å². The third-order valence-electron chi connectivity index (χ3n) is 0. The average molecular weight is 100.0 g/mol. The van der Waals surface area contributed by atoms with Gasteiger partial charge in [0.05, 0.1) is 0 Å². The van der Waals surface area contributed by atoms with Gasteiger partial charge in [0.2, 0.25) is 0 Å². The summed E-state index contributed by atoms with van der Waals surface area (Å²) in [6.07, 6.45) is 0. The van der Waals surface area contributed by atoms with Crippen molar-refractivity contribution in [2.24, 2.45) is 0 Å². The first-order valence-electron chi connectivity index (χ1n) is 0.471. The van der Waals surface area contributed by atoms with Gasteiger partial charge in [-0.1, -0.05) is 0 Å². The van der Waals surface area contributed by atoms with Gasteiger partial charge in [-0.15, -0.1) is 0 Å². The number of carbonyl (C=O) groups is 1. The van der Waals surface area contributed by atoms with Crippen molar-refractivity contribution in [3.8, 4) is 0 Å². The fourth-order valence-electron chi connectivity index (χ4n) is 0. The van der Waals surface area contributed by atoms with Crippen molar-refractivity contribution < 1.29 is 27.0 Å². The van der Waals surface area contributed by atoms with Crippen molar-refractivity contribution in [1.82, 2.24) is 0 Å². The summed E-state index contributed by atoms with van der Waals surface area (Å²) in [4.78, 5) is 8.25. The summed E-state index contributed by atoms with van der Waals surface area (Å²) in [5.41, 5.74) is 0. The van der Waals surface area contributed by atoms with Gasteiger partial charge >= 0.3 is 17.1 Å². The minimum Gasteiger partial charge on any atom is -0.554 e. The van der Waals surface area contributed by atoms with Crippen molar-refractivity contribution in [2.75, 3.05) is 0 Å². The first-order chi connectivity index (χ1) is 1.41. The summed E-state index contributed by atoms with van der Waals surface area (Å²) in [6.45, 7) is -0.500. The molecule has 0 spiro atoms. The maximum absolute atomic E-state index is 8.25. The molecule has 0 N–H and O–H groups in total. The summed E-state index contributed by atoms with van der Waals surface area (Å²) in [7, 11) is 0. The zero-order valence-electron chi connectivity index (χ0n) is 1.77. The van der Waals surface area contributed by atoms with Crippen LogP contribution in [-0.4, -0.2) is 6.47 Å². The van der Waals surface area contributed by atoms with Gasteiger partial charge in [-0.3, -0.25) is 0 Å². The van der Waals surface area contributed by atoms with Gasteiger partial charge in [-0.25, -0.2) is 0 Å². The maximum Gasteiger partial charge on any atom is 2.00 e. The Morgan fingerprint density at radius 3 is 1.75 bits per heavy atom. The molecule has 0 saturated carbocycles. The molecule has 0 rings (SSSR count). The minimum absolute atomic E-state index is 0. The zero-order chi connectivity index (χ0) is 2.71. The van der Waals surface area contributed by atoms with Crippen LogP contribution in [0.2, 0.25) is 0 Å². The number of carboxylic acid groups (broad SMARTS) is 1. The molecule has 0 unspecified atom stereocenters. The summed E-state index contributed by atoms with van der Waals surface area (Å²) >= 11 is 0. The molecule has 0 aliphatic carbocycles. The molecule has 0 amide bonds. The van der Waals surface area contributed by atoms with Gasteiger partial charge in [0.1, 0.15) is 0 Å². The summed E-state index contributed by atoms with van der Waals surface area (Å²) in [5, 5.41) is 8.25. The van der Waals surface area contributed by atoms with Crippen LogP contribution in [0.1, 0.15) is 0 Å².